The second-order valence-electron chi connectivity index (χ2n) is 7.44. The third kappa shape index (κ3) is 5.15. The molecule has 4 rings (SSSR count). The van der Waals surface area contributed by atoms with Crippen LogP contribution in [0.1, 0.15) is 28.7 Å². The molecule has 7 heteroatoms. The van der Waals surface area contributed by atoms with Gasteiger partial charge in [0.2, 0.25) is 5.88 Å². The molecule has 0 aliphatic rings. The van der Waals surface area contributed by atoms with E-state index in [-0.39, 0.29) is 11.7 Å². The molecule has 0 unspecified atom stereocenters. The number of rotatable bonds is 10. The molecule has 1 amide bonds. The van der Waals surface area contributed by atoms with Crippen LogP contribution in [-0.2, 0) is 17.7 Å². The smallest absolute Gasteiger partial charge is 0.289 e. The summed E-state index contributed by atoms with van der Waals surface area (Å²) in [5.41, 5.74) is 2.59. The van der Waals surface area contributed by atoms with Crippen molar-refractivity contribution >= 4 is 5.91 Å². The van der Waals surface area contributed by atoms with Crippen LogP contribution in [-0.4, -0.2) is 40.8 Å². The Hall–Kier alpha value is -3.84. The second-order valence-corrected chi connectivity index (χ2v) is 7.44. The normalized spacial score (nSPS) is 10.8. The maximum atomic E-state index is 13.2. The van der Waals surface area contributed by atoms with Crippen molar-refractivity contribution in [2.45, 2.75) is 19.9 Å². The van der Waals surface area contributed by atoms with E-state index >= 15 is 0 Å². The van der Waals surface area contributed by atoms with Crippen molar-refractivity contribution in [1.82, 2.24) is 14.7 Å². The number of ether oxygens (including phenoxy) is 2. The summed E-state index contributed by atoms with van der Waals surface area (Å²) in [6.45, 7) is 3.15. The summed E-state index contributed by atoms with van der Waals surface area (Å²) in [7, 11) is 1.62. The molecule has 2 aromatic carbocycles. The average molecular weight is 446 g/mol. The first-order valence-electron chi connectivity index (χ1n) is 10.9. The molecule has 33 heavy (non-hydrogen) atoms. The van der Waals surface area contributed by atoms with Crippen LogP contribution in [0.3, 0.4) is 0 Å². The highest BCUT2D eigenvalue weighted by atomic mass is 16.5. The minimum atomic E-state index is -0.211. The summed E-state index contributed by atoms with van der Waals surface area (Å²) in [5.74, 6) is 1.35. The molecule has 7 nitrogen and oxygen atoms in total. The number of carbonyl (C=O) groups excluding carboxylic acids is 1. The van der Waals surface area contributed by atoms with Gasteiger partial charge < -0.3 is 18.8 Å². The van der Waals surface area contributed by atoms with Gasteiger partial charge in [0.05, 0.1) is 36.4 Å². The van der Waals surface area contributed by atoms with Gasteiger partial charge in [-0.1, -0.05) is 43.3 Å². The van der Waals surface area contributed by atoms with E-state index in [1.807, 2.05) is 67.6 Å². The number of amides is 1. The minimum Gasteiger partial charge on any atom is -0.459 e. The number of methoxy groups -OCH3 is 1. The van der Waals surface area contributed by atoms with Crippen LogP contribution in [0.25, 0.3) is 5.69 Å². The average Bonchev–Trinajstić information content (AvgIpc) is 3.51. The zero-order chi connectivity index (χ0) is 23.0. The van der Waals surface area contributed by atoms with Crippen molar-refractivity contribution in [2.24, 2.45) is 0 Å². The lowest BCUT2D eigenvalue weighted by atomic mass is 10.1. The standard InChI is InChI=1S/C26H27N3O4/c1-3-23-22(19-28(16-18-31-2)25(30)24-15-10-17-32-24)26(33-21-13-8-5-9-14-21)29(27-23)20-11-6-4-7-12-20/h4-15,17H,3,16,18-19H2,1-2H3. The maximum absolute atomic E-state index is 13.2. The fraction of sp³-hybridized carbons (Fsp3) is 0.231. The third-order valence-electron chi connectivity index (χ3n) is 5.25. The van der Waals surface area contributed by atoms with Gasteiger partial charge in [0.1, 0.15) is 5.75 Å². The molecule has 0 fully saturated rings. The molecule has 0 bridgehead atoms. The van der Waals surface area contributed by atoms with E-state index in [0.29, 0.717) is 37.7 Å². The Morgan fingerprint density at radius 3 is 2.39 bits per heavy atom. The molecular weight excluding hydrogens is 418 g/mol. The number of benzene rings is 2. The Morgan fingerprint density at radius 1 is 1.03 bits per heavy atom. The zero-order valence-corrected chi connectivity index (χ0v) is 18.8. The first kappa shape index (κ1) is 22.4. The first-order chi connectivity index (χ1) is 16.2. The second kappa shape index (κ2) is 10.7. The molecule has 0 saturated carbocycles. The molecule has 2 heterocycles. The maximum Gasteiger partial charge on any atom is 0.289 e. The van der Waals surface area contributed by atoms with Crippen molar-refractivity contribution in [3.8, 4) is 17.3 Å². The summed E-state index contributed by atoms with van der Waals surface area (Å²) in [4.78, 5) is 14.9. The number of hydrogen-bond donors (Lipinski definition) is 0. The van der Waals surface area contributed by atoms with Crippen molar-refractivity contribution < 1.29 is 18.7 Å². The number of hydrogen-bond acceptors (Lipinski definition) is 5. The molecule has 0 spiro atoms. The Bertz CT molecular complexity index is 1160. The van der Waals surface area contributed by atoms with Gasteiger partial charge in [-0.25, -0.2) is 4.68 Å². The van der Waals surface area contributed by atoms with E-state index in [4.69, 9.17) is 19.0 Å². The van der Waals surface area contributed by atoms with Gasteiger partial charge in [-0.15, -0.1) is 0 Å². The summed E-state index contributed by atoms with van der Waals surface area (Å²) < 4.78 is 18.8. The van der Waals surface area contributed by atoms with Gasteiger partial charge in [-0.2, -0.15) is 5.10 Å². The van der Waals surface area contributed by atoms with Crippen LogP contribution in [0.4, 0.5) is 0 Å². The highest BCUT2D eigenvalue weighted by Gasteiger charge is 2.26. The minimum absolute atomic E-state index is 0.211. The van der Waals surface area contributed by atoms with E-state index in [9.17, 15) is 4.79 Å². The van der Waals surface area contributed by atoms with Crippen LogP contribution < -0.4 is 4.74 Å². The fourth-order valence-corrected chi connectivity index (χ4v) is 3.57. The summed E-state index contributed by atoms with van der Waals surface area (Å²) in [6.07, 6.45) is 2.18. The van der Waals surface area contributed by atoms with Crippen molar-refractivity contribution in [3.05, 3.63) is 96.1 Å². The van der Waals surface area contributed by atoms with Crippen molar-refractivity contribution in [3.63, 3.8) is 0 Å². The molecule has 0 N–H and O–H groups in total. The van der Waals surface area contributed by atoms with E-state index in [0.717, 1.165) is 16.9 Å². The van der Waals surface area contributed by atoms with Gasteiger partial charge >= 0.3 is 0 Å². The van der Waals surface area contributed by atoms with Gasteiger partial charge in [0, 0.05) is 13.7 Å². The van der Waals surface area contributed by atoms with Crippen LogP contribution in [0.5, 0.6) is 11.6 Å². The summed E-state index contributed by atoms with van der Waals surface area (Å²) >= 11 is 0. The first-order valence-corrected chi connectivity index (χ1v) is 10.9. The Labute approximate surface area is 193 Å². The Kier molecular flexibility index (Phi) is 7.22. The largest absolute Gasteiger partial charge is 0.459 e. The summed E-state index contributed by atoms with van der Waals surface area (Å²) in [5, 5.41) is 4.85. The lowest BCUT2D eigenvalue weighted by molar-refractivity contribution is 0.0648. The van der Waals surface area contributed by atoms with Gasteiger partial charge in [0.15, 0.2) is 5.76 Å². The molecule has 0 aliphatic carbocycles. The van der Waals surface area contributed by atoms with Crippen LogP contribution in [0.2, 0.25) is 0 Å². The zero-order valence-electron chi connectivity index (χ0n) is 18.8. The van der Waals surface area contributed by atoms with Crippen LogP contribution in [0, 0.1) is 0 Å². The molecule has 2 aromatic heterocycles. The number of para-hydroxylation sites is 2. The van der Waals surface area contributed by atoms with Gasteiger partial charge in [-0.3, -0.25) is 4.79 Å². The number of carbonyl (C=O) groups is 1. The highest BCUT2D eigenvalue weighted by molar-refractivity contribution is 5.91. The Morgan fingerprint density at radius 2 is 1.76 bits per heavy atom. The molecule has 0 atom stereocenters. The van der Waals surface area contributed by atoms with Crippen LogP contribution >= 0.6 is 0 Å². The molecule has 0 radical (unpaired) electrons. The van der Waals surface area contributed by atoms with E-state index in [1.54, 1.807) is 28.8 Å². The molecule has 170 valence electrons. The predicted octanol–water partition coefficient (Wildman–Crippen LogP) is 5.11. The van der Waals surface area contributed by atoms with Crippen molar-refractivity contribution in [1.29, 1.82) is 0 Å². The number of aromatic nitrogens is 2. The highest BCUT2D eigenvalue weighted by Crippen LogP contribution is 2.32. The van der Waals surface area contributed by atoms with Gasteiger partial charge in [0.25, 0.3) is 5.91 Å². The monoisotopic (exact) mass is 445 g/mol. The lowest BCUT2D eigenvalue weighted by Gasteiger charge is -2.22. The number of aryl methyl sites for hydroxylation is 1. The Balaban J connectivity index is 1.77. The lowest BCUT2D eigenvalue weighted by Crippen LogP contribution is -2.33. The quantitative estimate of drug-likeness (QED) is 0.339. The van der Waals surface area contributed by atoms with E-state index in [2.05, 4.69) is 0 Å². The molecule has 4 aromatic rings. The number of nitrogens with zero attached hydrogens (tertiary/aromatic N) is 3. The predicted molar refractivity (Wildman–Crippen MR) is 125 cm³/mol. The van der Waals surface area contributed by atoms with Crippen LogP contribution in [0.15, 0.2) is 83.5 Å². The van der Waals surface area contributed by atoms with Crippen molar-refractivity contribution in [2.75, 3.05) is 20.3 Å². The number of furan rings is 1. The van der Waals surface area contributed by atoms with E-state index < -0.39 is 0 Å². The fourth-order valence-electron chi connectivity index (χ4n) is 3.57. The molecule has 0 aliphatic heterocycles. The molecular formula is C26H27N3O4. The topological polar surface area (TPSA) is 69.7 Å². The summed E-state index contributed by atoms with van der Waals surface area (Å²) in [6, 6.07) is 22.8. The third-order valence-corrected chi connectivity index (χ3v) is 5.25. The van der Waals surface area contributed by atoms with E-state index in [1.165, 1.54) is 6.26 Å². The molecule has 0 saturated heterocycles. The van der Waals surface area contributed by atoms with Gasteiger partial charge in [-0.05, 0) is 42.8 Å². The SMILES string of the molecule is CCc1nn(-c2ccccc2)c(Oc2ccccc2)c1CN(CCOC)C(=O)c1ccco1.